The first-order chi connectivity index (χ1) is 8.34. The van der Waals surface area contributed by atoms with Crippen LogP contribution in [0.3, 0.4) is 0 Å². The number of nitrogens with zero attached hydrogens (tertiary/aromatic N) is 3. The highest BCUT2D eigenvalue weighted by Gasteiger charge is 2.03. The van der Waals surface area contributed by atoms with Gasteiger partial charge in [0.2, 0.25) is 0 Å². The molecule has 0 aliphatic carbocycles. The fraction of sp³-hybridized carbons (Fsp3) is 0.0769. The molecule has 0 saturated carbocycles. The molecule has 0 radical (unpaired) electrons. The predicted molar refractivity (Wildman–Crippen MR) is 71.8 cm³/mol. The fourth-order valence-corrected chi connectivity index (χ4v) is 2.30. The van der Waals surface area contributed by atoms with Gasteiger partial charge in [-0.3, -0.25) is 0 Å². The molecule has 0 fully saturated rings. The first kappa shape index (κ1) is 10.2. The lowest BCUT2D eigenvalue weighted by Gasteiger charge is -1.95. The third kappa shape index (κ3) is 1.87. The number of hydrogen-bond donors (Lipinski definition) is 0. The number of benzene rings is 1. The SMILES string of the molecule is Cn1c(C=Cc2cscn2)nc2ccccc21. The highest BCUT2D eigenvalue weighted by Crippen LogP contribution is 2.16. The van der Waals surface area contributed by atoms with E-state index >= 15 is 0 Å². The summed E-state index contributed by atoms with van der Waals surface area (Å²) in [5, 5.41) is 2.01. The zero-order valence-electron chi connectivity index (χ0n) is 9.37. The molecule has 0 atom stereocenters. The van der Waals surface area contributed by atoms with Crippen LogP contribution in [-0.4, -0.2) is 14.5 Å². The highest BCUT2D eigenvalue weighted by molar-refractivity contribution is 7.07. The number of rotatable bonds is 2. The number of hydrogen-bond acceptors (Lipinski definition) is 3. The second-order valence-corrected chi connectivity index (χ2v) is 4.48. The average molecular weight is 241 g/mol. The van der Waals surface area contributed by atoms with Gasteiger partial charge in [0.15, 0.2) is 0 Å². The highest BCUT2D eigenvalue weighted by atomic mass is 32.1. The summed E-state index contributed by atoms with van der Waals surface area (Å²) in [6.45, 7) is 0. The standard InChI is InChI=1S/C13H11N3S/c1-16-12-5-3-2-4-11(12)15-13(16)7-6-10-8-17-9-14-10/h2-9H,1H3. The van der Waals surface area contributed by atoms with Gasteiger partial charge < -0.3 is 4.57 Å². The largest absolute Gasteiger partial charge is 0.328 e. The lowest BCUT2D eigenvalue weighted by atomic mass is 10.3. The molecule has 0 saturated heterocycles. The smallest absolute Gasteiger partial charge is 0.133 e. The molecular weight excluding hydrogens is 230 g/mol. The summed E-state index contributed by atoms with van der Waals surface area (Å²) in [4.78, 5) is 8.77. The van der Waals surface area contributed by atoms with E-state index in [0.717, 1.165) is 22.6 Å². The van der Waals surface area contributed by atoms with Crippen LogP contribution in [0.2, 0.25) is 0 Å². The molecule has 0 aliphatic heterocycles. The van der Waals surface area contributed by atoms with E-state index in [9.17, 15) is 0 Å². The fourth-order valence-electron chi connectivity index (χ4n) is 1.78. The van der Waals surface area contributed by atoms with Crippen molar-refractivity contribution in [2.45, 2.75) is 0 Å². The van der Waals surface area contributed by atoms with E-state index in [4.69, 9.17) is 0 Å². The van der Waals surface area contributed by atoms with Gasteiger partial charge in [-0.2, -0.15) is 0 Å². The van der Waals surface area contributed by atoms with Crippen molar-refractivity contribution in [2.75, 3.05) is 0 Å². The number of aromatic nitrogens is 3. The van der Waals surface area contributed by atoms with Crippen molar-refractivity contribution in [3.63, 3.8) is 0 Å². The Kier molecular flexibility index (Phi) is 2.49. The number of thiazole rings is 1. The van der Waals surface area contributed by atoms with Crippen molar-refractivity contribution in [2.24, 2.45) is 7.05 Å². The van der Waals surface area contributed by atoms with Gasteiger partial charge in [0.1, 0.15) is 5.82 Å². The van der Waals surface area contributed by atoms with E-state index in [2.05, 4.69) is 20.6 Å². The van der Waals surface area contributed by atoms with Gasteiger partial charge in [0, 0.05) is 12.4 Å². The van der Waals surface area contributed by atoms with Crippen LogP contribution < -0.4 is 0 Å². The third-order valence-corrected chi connectivity index (χ3v) is 3.28. The molecule has 0 N–H and O–H groups in total. The van der Waals surface area contributed by atoms with E-state index in [1.165, 1.54) is 0 Å². The molecule has 2 heterocycles. The van der Waals surface area contributed by atoms with Crippen LogP contribution in [0.25, 0.3) is 23.2 Å². The molecular formula is C13H11N3S. The predicted octanol–water partition coefficient (Wildman–Crippen LogP) is 3.20. The maximum atomic E-state index is 4.56. The van der Waals surface area contributed by atoms with Crippen molar-refractivity contribution >= 4 is 34.5 Å². The van der Waals surface area contributed by atoms with Crippen molar-refractivity contribution < 1.29 is 0 Å². The number of aryl methyl sites for hydroxylation is 1. The van der Waals surface area contributed by atoms with Gasteiger partial charge in [0.25, 0.3) is 0 Å². The van der Waals surface area contributed by atoms with E-state index in [1.807, 2.05) is 48.3 Å². The van der Waals surface area contributed by atoms with Crippen LogP contribution in [0.5, 0.6) is 0 Å². The Morgan fingerprint density at radius 2 is 2.12 bits per heavy atom. The summed E-state index contributed by atoms with van der Waals surface area (Å²) < 4.78 is 2.08. The molecule has 1 aromatic carbocycles. The molecule has 17 heavy (non-hydrogen) atoms. The van der Waals surface area contributed by atoms with Crippen LogP contribution in [0, 0.1) is 0 Å². The normalized spacial score (nSPS) is 11.6. The Hall–Kier alpha value is -1.94. The Labute approximate surface area is 103 Å². The van der Waals surface area contributed by atoms with Gasteiger partial charge in [-0.15, -0.1) is 11.3 Å². The molecule has 0 amide bonds. The monoisotopic (exact) mass is 241 g/mol. The number of imidazole rings is 1. The van der Waals surface area contributed by atoms with Crippen LogP contribution in [0.4, 0.5) is 0 Å². The summed E-state index contributed by atoms with van der Waals surface area (Å²) in [7, 11) is 2.02. The minimum Gasteiger partial charge on any atom is -0.328 e. The second-order valence-electron chi connectivity index (χ2n) is 3.76. The first-order valence-corrected chi connectivity index (χ1v) is 6.26. The summed E-state index contributed by atoms with van der Waals surface area (Å²) >= 11 is 1.59. The van der Waals surface area contributed by atoms with Crippen LogP contribution in [0.15, 0.2) is 35.2 Å². The maximum Gasteiger partial charge on any atom is 0.133 e. The van der Waals surface area contributed by atoms with Gasteiger partial charge in [-0.1, -0.05) is 12.1 Å². The molecule has 3 aromatic rings. The minimum atomic E-state index is 0.944. The third-order valence-electron chi connectivity index (χ3n) is 2.68. The first-order valence-electron chi connectivity index (χ1n) is 5.32. The molecule has 0 spiro atoms. The summed E-state index contributed by atoms with van der Waals surface area (Å²) in [6.07, 6.45) is 3.98. The zero-order chi connectivity index (χ0) is 11.7. The molecule has 2 aromatic heterocycles. The van der Waals surface area contributed by atoms with E-state index in [0.29, 0.717) is 0 Å². The molecule has 4 heteroatoms. The molecule has 0 bridgehead atoms. The van der Waals surface area contributed by atoms with Gasteiger partial charge in [-0.25, -0.2) is 9.97 Å². The van der Waals surface area contributed by atoms with E-state index in [1.54, 1.807) is 11.3 Å². The Bertz CT molecular complexity index is 665. The van der Waals surface area contributed by atoms with Crippen LogP contribution in [0.1, 0.15) is 11.5 Å². The molecule has 3 rings (SSSR count). The van der Waals surface area contributed by atoms with Crippen LogP contribution >= 0.6 is 11.3 Å². The minimum absolute atomic E-state index is 0.944. The summed E-state index contributed by atoms with van der Waals surface area (Å²) in [5.41, 5.74) is 4.97. The lowest BCUT2D eigenvalue weighted by molar-refractivity contribution is 0.930. The summed E-state index contributed by atoms with van der Waals surface area (Å²) in [6, 6.07) is 8.12. The molecule has 0 unspecified atom stereocenters. The van der Waals surface area contributed by atoms with Crippen molar-refractivity contribution in [3.05, 3.63) is 46.7 Å². The second kappa shape index (κ2) is 4.14. The quantitative estimate of drug-likeness (QED) is 0.689. The Morgan fingerprint density at radius 1 is 1.24 bits per heavy atom. The van der Waals surface area contributed by atoms with E-state index < -0.39 is 0 Å². The maximum absolute atomic E-state index is 4.56. The van der Waals surface area contributed by atoms with Gasteiger partial charge in [-0.05, 0) is 24.3 Å². The van der Waals surface area contributed by atoms with Crippen molar-refractivity contribution in [1.29, 1.82) is 0 Å². The van der Waals surface area contributed by atoms with Crippen molar-refractivity contribution in [3.8, 4) is 0 Å². The molecule has 84 valence electrons. The van der Waals surface area contributed by atoms with Crippen LogP contribution in [-0.2, 0) is 7.05 Å². The van der Waals surface area contributed by atoms with Gasteiger partial charge in [0.05, 0.1) is 22.2 Å². The van der Waals surface area contributed by atoms with Gasteiger partial charge >= 0.3 is 0 Å². The summed E-state index contributed by atoms with van der Waals surface area (Å²) in [5.74, 6) is 0.944. The zero-order valence-corrected chi connectivity index (χ0v) is 10.2. The lowest BCUT2D eigenvalue weighted by Crippen LogP contribution is -1.90. The number of fused-ring (bicyclic) bond motifs is 1. The number of para-hydroxylation sites is 2. The topological polar surface area (TPSA) is 30.7 Å². The Balaban J connectivity index is 2.03. The van der Waals surface area contributed by atoms with Crippen molar-refractivity contribution in [1.82, 2.24) is 14.5 Å². The van der Waals surface area contributed by atoms with E-state index in [-0.39, 0.29) is 0 Å². The molecule has 0 aliphatic rings. The molecule has 3 nitrogen and oxygen atoms in total. The Morgan fingerprint density at radius 3 is 2.88 bits per heavy atom. The average Bonchev–Trinajstić information content (AvgIpc) is 2.96.